The number of hydrogen-bond donors (Lipinski definition) is 6. The smallest absolute Gasteiger partial charge is 0.361 e. The van der Waals surface area contributed by atoms with Gasteiger partial charge in [0.1, 0.15) is 0 Å². The van der Waals surface area contributed by atoms with Crippen molar-refractivity contribution in [2.24, 2.45) is 0 Å². The van der Waals surface area contributed by atoms with Gasteiger partial charge < -0.3 is 10.6 Å². The maximum atomic E-state index is 13.2. The molecular weight excluding hydrogens is 731 g/mol. The fraction of sp³-hybridized carbons (Fsp3) is 0.182. The number of benzene rings is 4. The molecule has 1 aromatic heterocycles. The highest BCUT2D eigenvalue weighted by Gasteiger charge is 2.20. The predicted octanol–water partition coefficient (Wildman–Crippen LogP) is 6.00. The number of carbonyl (C=O) groups excluding carboxylic acids is 1. The Morgan fingerprint density at radius 2 is 1.46 bits per heavy atom. The van der Waals surface area contributed by atoms with Crippen LogP contribution in [-0.2, 0) is 20.0 Å². The average Bonchev–Trinajstić information content (AvgIpc) is 3.56. The summed E-state index contributed by atoms with van der Waals surface area (Å²) >= 11 is 5.31. The van der Waals surface area contributed by atoms with E-state index < -0.39 is 31.0 Å². The zero-order valence-electron chi connectivity index (χ0n) is 27.7. The highest BCUT2D eigenvalue weighted by Crippen LogP contribution is 2.26. The maximum Gasteiger partial charge on any atom is 0.361 e. The number of nitrogens with zero attached hydrogens (tertiary/aromatic N) is 3. The minimum absolute atomic E-state index is 0.0327. The number of carbonyl (C=O) groups is 1. The Morgan fingerprint density at radius 1 is 0.808 bits per heavy atom. The molecule has 0 aliphatic carbocycles. The first-order valence-electron chi connectivity index (χ1n) is 15.9. The van der Waals surface area contributed by atoms with E-state index in [2.05, 4.69) is 43.0 Å². The molecule has 19 heteroatoms. The van der Waals surface area contributed by atoms with E-state index in [1.165, 1.54) is 85.1 Å². The summed E-state index contributed by atoms with van der Waals surface area (Å²) < 4.78 is 58.4. The molecule has 0 radical (unpaired) electrons. The monoisotopic (exact) mass is 765 g/mol. The van der Waals surface area contributed by atoms with Crippen LogP contribution in [0.15, 0.2) is 107 Å². The molecule has 0 spiro atoms. The molecule has 0 bridgehead atoms. The fourth-order valence-corrected chi connectivity index (χ4v) is 7.33. The van der Waals surface area contributed by atoms with Crippen molar-refractivity contribution in [3.8, 4) is 0 Å². The Balaban J connectivity index is 1.16. The van der Waals surface area contributed by atoms with Gasteiger partial charge in [-0.05, 0) is 91.4 Å². The third kappa shape index (κ3) is 9.50. The summed E-state index contributed by atoms with van der Waals surface area (Å²) in [6.45, 7) is 2.88. The number of thiocarbonyl (C=S) groups is 1. The lowest BCUT2D eigenvalue weighted by molar-refractivity contribution is -0.383. The van der Waals surface area contributed by atoms with E-state index in [0.29, 0.717) is 16.5 Å². The van der Waals surface area contributed by atoms with Gasteiger partial charge in [-0.3, -0.25) is 25.0 Å². The summed E-state index contributed by atoms with van der Waals surface area (Å²) in [5.74, 6) is 0. The Bertz CT molecular complexity index is 2300. The molecule has 4 aromatic carbocycles. The zero-order chi connectivity index (χ0) is 37.3. The summed E-state index contributed by atoms with van der Waals surface area (Å²) in [6.07, 6.45) is 5.64. The predicted molar refractivity (Wildman–Crippen MR) is 203 cm³/mol. The lowest BCUT2D eigenvalue weighted by Gasteiger charge is -2.13. The molecule has 1 amide bonds. The summed E-state index contributed by atoms with van der Waals surface area (Å²) in [6, 6.07) is 20.8. The Hall–Kier alpha value is -5.79. The van der Waals surface area contributed by atoms with Crippen LogP contribution in [0.5, 0.6) is 0 Å². The molecule has 0 aliphatic heterocycles. The number of unbranched alkanes of at least 4 members (excludes halogenated alkanes) is 3. The fourth-order valence-electron chi connectivity index (χ4n) is 4.96. The first-order chi connectivity index (χ1) is 24.9. The van der Waals surface area contributed by atoms with Crippen LogP contribution in [0.2, 0.25) is 0 Å². The molecule has 5 rings (SSSR count). The van der Waals surface area contributed by atoms with Crippen molar-refractivity contribution in [3.63, 3.8) is 0 Å². The second kappa shape index (κ2) is 16.5. The normalized spacial score (nSPS) is 11.4. The minimum Gasteiger partial charge on any atom is -0.362 e. The molecule has 1 heterocycles. The van der Waals surface area contributed by atoms with Gasteiger partial charge in [0.25, 0.3) is 25.7 Å². The van der Waals surface area contributed by atoms with Crippen molar-refractivity contribution in [2.75, 3.05) is 26.7 Å². The largest absolute Gasteiger partial charge is 0.362 e. The topological polar surface area (TPSA) is 218 Å². The van der Waals surface area contributed by atoms with Gasteiger partial charge in [-0.25, -0.2) is 27.1 Å². The molecule has 272 valence electrons. The van der Waals surface area contributed by atoms with Crippen molar-refractivity contribution >= 4 is 82.7 Å². The van der Waals surface area contributed by atoms with Crippen LogP contribution in [0.1, 0.15) is 32.6 Å². The van der Waals surface area contributed by atoms with Crippen molar-refractivity contribution < 1.29 is 26.6 Å². The molecule has 0 aliphatic rings. The van der Waals surface area contributed by atoms with Gasteiger partial charge in [0, 0.05) is 24.0 Å². The third-order valence-electron chi connectivity index (χ3n) is 7.57. The van der Waals surface area contributed by atoms with E-state index in [4.69, 9.17) is 12.2 Å². The van der Waals surface area contributed by atoms with E-state index in [1.807, 2.05) is 0 Å². The first kappa shape index (κ1) is 37.5. The van der Waals surface area contributed by atoms with Gasteiger partial charge in [0.05, 0.1) is 43.2 Å². The van der Waals surface area contributed by atoms with Crippen molar-refractivity contribution in [3.05, 3.63) is 107 Å². The van der Waals surface area contributed by atoms with Gasteiger partial charge >= 0.3 is 6.03 Å². The number of anilines is 4. The molecule has 0 saturated heterocycles. The van der Waals surface area contributed by atoms with Gasteiger partial charge in [-0.15, -0.1) is 0 Å². The standard InChI is InChI=1S/C33H35N9O7S3/c1-2-3-4-5-20-34-32(50)36-23-16-18-27(19-17-23)51(46,47)40-26-8-6-9-28(21-26)52(48,49)39-25-14-12-24(13-15-25)37-38-33(43)41-30-10-7-11-31(42(44)45)29(30)22-35-41/h6-19,21-22,37,39-40H,2-5,20H2,1H3,(H,38,43)(H2,34,36,50). The van der Waals surface area contributed by atoms with Gasteiger partial charge in [-0.1, -0.05) is 38.3 Å². The number of amides is 1. The minimum atomic E-state index is -4.14. The Kier molecular flexibility index (Phi) is 11.9. The summed E-state index contributed by atoms with van der Waals surface area (Å²) in [4.78, 5) is 23.2. The number of nitro groups is 1. The van der Waals surface area contributed by atoms with Crippen LogP contribution < -0.4 is 30.9 Å². The molecule has 52 heavy (non-hydrogen) atoms. The molecule has 0 unspecified atom stereocenters. The number of hydrogen-bond acceptors (Lipinski definition) is 10. The number of nitrogens with one attached hydrogen (secondary N) is 6. The maximum absolute atomic E-state index is 13.2. The van der Waals surface area contributed by atoms with Crippen molar-refractivity contribution in [2.45, 2.75) is 42.4 Å². The number of hydrazine groups is 1. The van der Waals surface area contributed by atoms with Crippen LogP contribution in [0.3, 0.4) is 0 Å². The Morgan fingerprint density at radius 3 is 2.17 bits per heavy atom. The second-order valence-corrected chi connectivity index (χ2v) is 15.1. The number of fused-ring (bicyclic) bond motifs is 1. The lowest BCUT2D eigenvalue weighted by atomic mass is 10.2. The summed E-state index contributed by atoms with van der Waals surface area (Å²) in [5.41, 5.74) is 6.37. The van der Waals surface area contributed by atoms with E-state index in [-0.39, 0.29) is 37.8 Å². The van der Waals surface area contributed by atoms with Crippen LogP contribution in [0.25, 0.3) is 10.9 Å². The second-order valence-electron chi connectivity index (χ2n) is 11.4. The van der Waals surface area contributed by atoms with E-state index >= 15 is 0 Å². The van der Waals surface area contributed by atoms with E-state index in [1.54, 1.807) is 12.1 Å². The van der Waals surface area contributed by atoms with Gasteiger partial charge in [0.2, 0.25) is 0 Å². The highest BCUT2D eigenvalue weighted by molar-refractivity contribution is 7.93. The molecule has 5 aromatic rings. The SMILES string of the molecule is CCCCCCNC(=S)Nc1ccc(S(=O)(=O)Nc2cccc(S(=O)(=O)Nc3ccc(NNC(=O)n4ncc5c([N+](=O)[O-])cccc54)cc3)c2)cc1. The highest BCUT2D eigenvalue weighted by atomic mass is 32.2. The molecule has 6 N–H and O–H groups in total. The number of rotatable bonds is 15. The average molecular weight is 766 g/mol. The summed E-state index contributed by atoms with van der Waals surface area (Å²) in [5, 5.41) is 22.0. The van der Waals surface area contributed by atoms with Gasteiger partial charge in [0.15, 0.2) is 5.11 Å². The van der Waals surface area contributed by atoms with Gasteiger partial charge in [-0.2, -0.15) is 9.78 Å². The van der Waals surface area contributed by atoms with Crippen LogP contribution >= 0.6 is 12.2 Å². The Labute approximate surface area is 305 Å². The van der Waals surface area contributed by atoms with E-state index in [9.17, 15) is 31.7 Å². The number of aromatic nitrogens is 2. The molecule has 0 atom stereocenters. The van der Waals surface area contributed by atoms with Crippen LogP contribution in [-0.4, -0.2) is 49.2 Å². The molecular formula is C33H35N9O7S3. The number of sulfonamides is 2. The van der Waals surface area contributed by atoms with Crippen molar-refractivity contribution in [1.29, 1.82) is 0 Å². The quantitative estimate of drug-likeness (QED) is 0.0313. The number of nitro benzene ring substituents is 1. The van der Waals surface area contributed by atoms with Crippen LogP contribution in [0, 0.1) is 10.1 Å². The van der Waals surface area contributed by atoms with Crippen LogP contribution in [0.4, 0.5) is 33.2 Å². The molecule has 0 fully saturated rings. The molecule has 0 saturated carbocycles. The van der Waals surface area contributed by atoms with Crippen molar-refractivity contribution in [1.82, 2.24) is 20.5 Å². The first-order valence-corrected chi connectivity index (χ1v) is 19.3. The lowest BCUT2D eigenvalue weighted by Crippen LogP contribution is -2.33. The third-order valence-corrected chi connectivity index (χ3v) is 10.6. The molecule has 16 nitrogen and oxygen atoms in total. The zero-order valence-corrected chi connectivity index (χ0v) is 30.1. The number of non-ortho nitro benzene ring substituents is 1. The van der Waals surface area contributed by atoms with E-state index in [0.717, 1.165) is 36.9 Å². The summed E-state index contributed by atoms with van der Waals surface area (Å²) in [7, 11) is -8.21.